The molecule has 42 heavy (non-hydrogen) atoms. The standard InChI is InChI=1S/C30H28FN9O2/c1-4-26(41)40-14-18-5-6-19(40)13-39(18)25-10-8-22-28(37-25)29(34-15-33-22)36-21-7-9-24(17(2)27(21)31)42-20-11-23-30(32-12-20)38(3)16-35-23/h4,7-12,15-16,18-19H,1,5-6,13-14H2,2-3H3,(H,33,34,36)/t18-,19-/m1/s1. The Bertz CT molecular complexity index is 1870. The van der Waals surface area contributed by atoms with Crippen molar-refractivity contribution in [3.63, 3.8) is 0 Å². The molecule has 3 fully saturated rings. The van der Waals surface area contributed by atoms with E-state index < -0.39 is 5.82 Å². The van der Waals surface area contributed by atoms with Gasteiger partial charge in [-0.3, -0.25) is 4.79 Å². The van der Waals surface area contributed by atoms with Crippen LogP contribution in [-0.4, -0.2) is 65.5 Å². The number of amides is 1. The van der Waals surface area contributed by atoms with Gasteiger partial charge in [0, 0.05) is 43.9 Å². The lowest BCUT2D eigenvalue weighted by atomic mass is 9.90. The first-order chi connectivity index (χ1) is 20.4. The van der Waals surface area contributed by atoms with Gasteiger partial charge < -0.3 is 24.4 Å². The predicted octanol–water partition coefficient (Wildman–Crippen LogP) is 4.66. The van der Waals surface area contributed by atoms with E-state index in [9.17, 15) is 4.79 Å². The van der Waals surface area contributed by atoms with E-state index >= 15 is 4.39 Å². The Morgan fingerprint density at radius 1 is 1.10 bits per heavy atom. The molecule has 0 saturated carbocycles. The highest BCUT2D eigenvalue weighted by atomic mass is 19.1. The molecule has 212 valence electrons. The number of ether oxygens (including phenoxy) is 1. The van der Waals surface area contributed by atoms with E-state index in [0.717, 1.165) is 24.3 Å². The average molecular weight is 566 g/mol. The number of rotatable bonds is 6. The number of hydrogen-bond acceptors (Lipinski definition) is 9. The molecule has 5 aromatic rings. The van der Waals surface area contributed by atoms with Crippen molar-refractivity contribution in [3.8, 4) is 11.5 Å². The molecule has 3 aliphatic heterocycles. The van der Waals surface area contributed by atoms with Crippen molar-refractivity contribution < 1.29 is 13.9 Å². The molecular weight excluding hydrogens is 537 g/mol. The zero-order chi connectivity index (χ0) is 29.0. The first-order valence-corrected chi connectivity index (χ1v) is 13.7. The van der Waals surface area contributed by atoms with Gasteiger partial charge in [-0.25, -0.2) is 29.3 Å². The molecule has 8 rings (SSSR count). The third kappa shape index (κ3) is 4.35. The van der Waals surface area contributed by atoms with Gasteiger partial charge in [0.05, 0.1) is 23.7 Å². The van der Waals surface area contributed by atoms with Crippen molar-refractivity contribution in [2.45, 2.75) is 31.8 Å². The molecule has 0 aliphatic carbocycles. The Hall–Kier alpha value is -5.13. The smallest absolute Gasteiger partial charge is 0.246 e. The maximum atomic E-state index is 15.6. The number of piperidine rings is 2. The van der Waals surface area contributed by atoms with Gasteiger partial charge in [-0.2, -0.15) is 0 Å². The van der Waals surface area contributed by atoms with Crippen LogP contribution in [0.25, 0.3) is 22.2 Å². The number of benzene rings is 1. The fourth-order valence-electron chi connectivity index (χ4n) is 5.86. The number of carbonyl (C=O) groups excluding carboxylic acids is 1. The van der Waals surface area contributed by atoms with Crippen LogP contribution in [0.1, 0.15) is 18.4 Å². The molecule has 0 spiro atoms. The van der Waals surface area contributed by atoms with E-state index in [0.29, 0.717) is 52.5 Å². The van der Waals surface area contributed by atoms with Gasteiger partial charge in [-0.15, -0.1) is 0 Å². The van der Waals surface area contributed by atoms with Gasteiger partial charge in [-0.05, 0) is 50.1 Å². The summed E-state index contributed by atoms with van der Waals surface area (Å²) in [6, 6.07) is 9.18. The summed E-state index contributed by atoms with van der Waals surface area (Å²) in [4.78, 5) is 38.8. The molecular formula is C30H28FN9O2. The fourth-order valence-corrected chi connectivity index (χ4v) is 5.86. The first kappa shape index (κ1) is 25.8. The molecule has 7 heterocycles. The number of hydrogen-bond donors (Lipinski definition) is 1. The van der Waals surface area contributed by atoms with Crippen molar-refractivity contribution in [1.82, 2.24) is 34.4 Å². The normalized spacial score (nSPS) is 18.1. The summed E-state index contributed by atoms with van der Waals surface area (Å²) in [5, 5.41) is 3.12. The lowest BCUT2D eigenvalue weighted by molar-refractivity contribution is -0.131. The Labute approximate surface area is 240 Å². The van der Waals surface area contributed by atoms with Gasteiger partial charge in [0.25, 0.3) is 0 Å². The molecule has 3 saturated heterocycles. The summed E-state index contributed by atoms with van der Waals surface area (Å²) in [6.07, 6.45) is 8.01. The third-order valence-corrected chi connectivity index (χ3v) is 8.09. The lowest BCUT2D eigenvalue weighted by Crippen LogP contribution is -2.64. The van der Waals surface area contributed by atoms with E-state index in [1.54, 1.807) is 37.6 Å². The SMILES string of the molecule is C=CC(=O)N1C[C@H]2CC[C@@H]1CN2c1ccc2ncnc(Nc3ccc(Oc4cnc5c(c4)ncn5C)c(C)c3F)c2n1. The van der Waals surface area contributed by atoms with Gasteiger partial charge in [0.1, 0.15) is 34.7 Å². The molecule has 0 radical (unpaired) electrons. The van der Waals surface area contributed by atoms with Crippen LogP contribution in [-0.2, 0) is 11.8 Å². The fraction of sp³-hybridized carbons (Fsp3) is 0.267. The summed E-state index contributed by atoms with van der Waals surface area (Å²) in [5.41, 5.74) is 3.15. The van der Waals surface area contributed by atoms with Crippen molar-refractivity contribution in [3.05, 3.63) is 73.2 Å². The Balaban J connectivity index is 1.15. The number of aromatic nitrogens is 6. The minimum atomic E-state index is -0.470. The second-order valence-electron chi connectivity index (χ2n) is 10.6. The van der Waals surface area contributed by atoms with Crippen molar-refractivity contribution in [2.75, 3.05) is 23.3 Å². The molecule has 0 unspecified atom stereocenters. The number of piperazine rings is 1. The van der Waals surface area contributed by atoms with E-state index in [1.165, 1.54) is 12.4 Å². The Morgan fingerprint density at radius 3 is 2.76 bits per heavy atom. The van der Waals surface area contributed by atoms with Crippen LogP contribution in [0.3, 0.4) is 0 Å². The molecule has 4 aromatic heterocycles. The van der Waals surface area contributed by atoms with Crippen LogP contribution in [0.5, 0.6) is 11.5 Å². The lowest BCUT2D eigenvalue weighted by Gasteiger charge is -2.51. The Kier molecular flexibility index (Phi) is 6.18. The summed E-state index contributed by atoms with van der Waals surface area (Å²) < 4.78 is 23.4. The monoisotopic (exact) mass is 565 g/mol. The predicted molar refractivity (Wildman–Crippen MR) is 156 cm³/mol. The number of pyridine rings is 2. The summed E-state index contributed by atoms with van der Waals surface area (Å²) in [5.74, 6) is 1.50. The highest BCUT2D eigenvalue weighted by Crippen LogP contribution is 2.35. The zero-order valence-corrected chi connectivity index (χ0v) is 23.2. The number of fused-ring (bicyclic) bond motifs is 5. The molecule has 1 aromatic carbocycles. The van der Waals surface area contributed by atoms with Crippen LogP contribution in [0.2, 0.25) is 0 Å². The minimum absolute atomic E-state index is 0.0321. The average Bonchev–Trinajstić information content (AvgIpc) is 3.40. The largest absolute Gasteiger partial charge is 0.455 e. The van der Waals surface area contributed by atoms with Gasteiger partial charge in [0.15, 0.2) is 17.3 Å². The maximum absolute atomic E-state index is 15.6. The van der Waals surface area contributed by atoms with Crippen molar-refractivity contribution >= 4 is 45.4 Å². The molecule has 1 N–H and O–H groups in total. The maximum Gasteiger partial charge on any atom is 0.246 e. The molecule has 12 heteroatoms. The van der Waals surface area contributed by atoms with E-state index in [4.69, 9.17) is 9.72 Å². The molecule has 2 bridgehead atoms. The second-order valence-corrected chi connectivity index (χ2v) is 10.6. The number of nitrogens with zero attached hydrogens (tertiary/aromatic N) is 8. The van der Waals surface area contributed by atoms with Gasteiger partial charge in [-0.1, -0.05) is 6.58 Å². The van der Waals surface area contributed by atoms with Crippen molar-refractivity contribution in [1.29, 1.82) is 0 Å². The summed E-state index contributed by atoms with van der Waals surface area (Å²) in [7, 11) is 1.86. The highest BCUT2D eigenvalue weighted by molar-refractivity contribution is 5.89. The second kappa shape index (κ2) is 10.1. The number of halogens is 1. The molecule has 2 atom stereocenters. The number of anilines is 3. The number of imidazole rings is 1. The van der Waals surface area contributed by atoms with E-state index in [2.05, 4.69) is 36.7 Å². The van der Waals surface area contributed by atoms with Crippen LogP contribution < -0.4 is 15.0 Å². The van der Waals surface area contributed by atoms with Crippen LogP contribution in [0.4, 0.5) is 21.7 Å². The number of carbonyl (C=O) groups is 1. The first-order valence-electron chi connectivity index (χ1n) is 13.7. The zero-order valence-electron chi connectivity index (χ0n) is 23.2. The van der Waals surface area contributed by atoms with Crippen LogP contribution in [0.15, 0.2) is 61.8 Å². The van der Waals surface area contributed by atoms with Crippen LogP contribution >= 0.6 is 0 Å². The molecule has 1 amide bonds. The quantitative estimate of drug-likeness (QED) is 0.294. The number of nitrogens with one attached hydrogen (secondary N) is 1. The van der Waals surface area contributed by atoms with E-state index in [-0.39, 0.29) is 23.7 Å². The van der Waals surface area contributed by atoms with Crippen molar-refractivity contribution in [2.24, 2.45) is 7.05 Å². The van der Waals surface area contributed by atoms with Crippen LogP contribution in [0, 0.1) is 12.7 Å². The van der Waals surface area contributed by atoms with Gasteiger partial charge >= 0.3 is 0 Å². The summed E-state index contributed by atoms with van der Waals surface area (Å²) in [6.45, 7) is 6.63. The van der Waals surface area contributed by atoms with E-state index in [1.807, 2.05) is 28.6 Å². The molecule has 11 nitrogen and oxygen atoms in total. The topological polar surface area (TPSA) is 114 Å². The summed E-state index contributed by atoms with van der Waals surface area (Å²) >= 11 is 0. The Morgan fingerprint density at radius 2 is 1.95 bits per heavy atom. The minimum Gasteiger partial charge on any atom is -0.455 e. The van der Waals surface area contributed by atoms with Gasteiger partial charge in [0.2, 0.25) is 5.91 Å². The third-order valence-electron chi connectivity index (χ3n) is 8.09. The highest BCUT2D eigenvalue weighted by Gasteiger charge is 2.41. The molecule has 3 aliphatic rings. The number of aryl methyl sites for hydroxylation is 1.